The molecule has 0 aliphatic carbocycles. The summed E-state index contributed by atoms with van der Waals surface area (Å²) in [6.45, 7) is -0.571. The van der Waals surface area contributed by atoms with E-state index in [0.29, 0.717) is 20.4 Å². The van der Waals surface area contributed by atoms with Crippen LogP contribution in [-0.2, 0) is 4.74 Å². The number of rotatable bonds is 3. The van der Waals surface area contributed by atoms with Crippen molar-refractivity contribution in [1.29, 1.82) is 0 Å². The highest BCUT2D eigenvalue weighted by Crippen LogP contribution is 2.38. The van der Waals surface area contributed by atoms with Crippen LogP contribution in [0.15, 0.2) is 22.8 Å². The number of fused-ring (bicyclic) bond motifs is 1. The topological polar surface area (TPSA) is 115 Å². The van der Waals surface area contributed by atoms with E-state index in [1.807, 2.05) is 0 Å². The van der Waals surface area contributed by atoms with Crippen LogP contribution in [-0.4, -0.2) is 62.7 Å². The number of aromatic nitrogens is 1. The highest BCUT2D eigenvalue weighted by atomic mass is 79.9. The monoisotopic (exact) mass is 408 g/mol. The van der Waals surface area contributed by atoms with Crippen LogP contribution < -0.4 is 4.74 Å². The van der Waals surface area contributed by atoms with Gasteiger partial charge in [0.1, 0.15) is 30.2 Å². The number of H-pyrrole nitrogens is 1. The molecule has 1 aromatic carbocycles. The molecule has 23 heavy (non-hydrogen) atoms. The van der Waals surface area contributed by atoms with Crippen molar-refractivity contribution in [3.63, 3.8) is 0 Å². The van der Waals surface area contributed by atoms with Crippen molar-refractivity contribution >= 4 is 38.4 Å². The summed E-state index contributed by atoms with van der Waals surface area (Å²) < 4.78 is 19.4. The van der Waals surface area contributed by atoms with E-state index in [1.165, 1.54) is 0 Å². The predicted molar refractivity (Wildman–Crippen MR) is 85.4 cm³/mol. The van der Waals surface area contributed by atoms with Gasteiger partial charge in [-0.3, -0.25) is 0 Å². The maximum Gasteiger partial charge on any atom is 0.229 e. The number of aromatic amines is 1. The Labute approximate surface area is 145 Å². The molecule has 2 heterocycles. The van der Waals surface area contributed by atoms with Gasteiger partial charge in [0.05, 0.1) is 23.9 Å². The Hall–Kier alpha value is -0.870. The van der Waals surface area contributed by atoms with Crippen LogP contribution >= 0.6 is 27.5 Å². The summed E-state index contributed by atoms with van der Waals surface area (Å²) in [6, 6.07) is 3.40. The summed E-state index contributed by atoms with van der Waals surface area (Å²) in [6.07, 6.45) is -7.21. The van der Waals surface area contributed by atoms with Gasteiger partial charge in [0.2, 0.25) is 6.29 Å². The fourth-order valence-electron chi connectivity index (χ4n) is 2.43. The van der Waals surface area contributed by atoms with Gasteiger partial charge in [-0.1, -0.05) is 11.6 Å². The van der Waals surface area contributed by atoms with Crippen LogP contribution in [0.3, 0.4) is 0 Å². The number of aliphatic hydroxyl groups is 4. The molecule has 0 bridgehead atoms. The van der Waals surface area contributed by atoms with Gasteiger partial charge in [-0.25, -0.2) is 0 Å². The standard InChI is InChI=1S/C14H15BrClNO6/c15-5-1-2-6-9(10(5)16)7(3-17-6)22-14-13(21)12(20)11(19)8(4-18)23-14/h1-3,8,11-14,17-21H,4H2/t8-,11+,12+,13-,14?/m1/s1/i3D. The maximum atomic E-state index is 10.1. The summed E-state index contributed by atoms with van der Waals surface area (Å²) in [4.78, 5) is 2.78. The van der Waals surface area contributed by atoms with Crippen molar-refractivity contribution in [2.45, 2.75) is 30.7 Å². The first kappa shape index (κ1) is 15.6. The van der Waals surface area contributed by atoms with Gasteiger partial charge in [0.15, 0.2) is 0 Å². The van der Waals surface area contributed by atoms with Crippen LogP contribution in [0.5, 0.6) is 5.75 Å². The molecule has 1 aromatic heterocycles. The average molecular weight is 410 g/mol. The summed E-state index contributed by atoms with van der Waals surface area (Å²) in [5.41, 5.74) is 0.549. The summed E-state index contributed by atoms with van der Waals surface area (Å²) in [7, 11) is 0. The zero-order valence-corrected chi connectivity index (χ0v) is 14.0. The van der Waals surface area contributed by atoms with E-state index in [4.69, 9.17) is 22.4 Å². The molecule has 1 aliphatic heterocycles. The first-order valence-corrected chi connectivity index (χ1v) is 7.95. The van der Waals surface area contributed by atoms with E-state index in [2.05, 4.69) is 20.9 Å². The van der Waals surface area contributed by atoms with E-state index < -0.39 is 37.3 Å². The summed E-state index contributed by atoms with van der Waals surface area (Å²) in [5.74, 6) is 0.0284. The third kappa shape index (κ3) is 2.96. The molecule has 1 aliphatic rings. The molecular formula is C14H15BrClNO6. The molecule has 0 saturated carbocycles. The van der Waals surface area contributed by atoms with Gasteiger partial charge in [0, 0.05) is 10.6 Å². The van der Waals surface area contributed by atoms with Crippen molar-refractivity contribution in [3.8, 4) is 5.75 Å². The fraction of sp³-hybridized carbons (Fsp3) is 0.429. The average Bonchev–Trinajstić information content (AvgIpc) is 2.88. The SMILES string of the molecule is [2H]c1[nH]c2ccc(Br)c(Cl)c2c1OC1O[C@H](CO)[C@H](O)[C@H](O)[C@H]1O. The van der Waals surface area contributed by atoms with Gasteiger partial charge in [0.25, 0.3) is 0 Å². The molecule has 7 nitrogen and oxygen atoms in total. The number of aliphatic hydroxyl groups excluding tert-OH is 4. The molecule has 9 heteroatoms. The Kier molecular flexibility index (Phi) is 4.46. The van der Waals surface area contributed by atoms with Crippen LogP contribution in [0, 0.1) is 0 Å². The van der Waals surface area contributed by atoms with Crippen molar-refractivity contribution in [2.75, 3.05) is 6.61 Å². The number of hydrogen-bond donors (Lipinski definition) is 5. The number of hydrogen-bond acceptors (Lipinski definition) is 6. The molecule has 3 rings (SSSR count). The minimum Gasteiger partial charge on any atom is -0.460 e. The summed E-state index contributed by atoms with van der Waals surface area (Å²) in [5, 5.41) is 39.6. The van der Waals surface area contributed by atoms with E-state index in [9.17, 15) is 20.4 Å². The third-order valence-corrected chi connectivity index (χ3v) is 5.00. The van der Waals surface area contributed by atoms with Crippen molar-refractivity contribution in [3.05, 3.63) is 27.8 Å². The Bertz CT molecular complexity index is 756. The van der Waals surface area contributed by atoms with Crippen molar-refractivity contribution in [1.82, 2.24) is 4.98 Å². The number of nitrogens with one attached hydrogen (secondary N) is 1. The lowest BCUT2D eigenvalue weighted by Gasteiger charge is -2.39. The Morgan fingerprint density at radius 1 is 1.30 bits per heavy atom. The predicted octanol–water partition coefficient (Wildman–Crippen LogP) is 0.762. The smallest absolute Gasteiger partial charge is 0.229 e. The van der Waals surface area contributed by atoms with Gasteiger partial charge >= 0.3 is 0 Å². The quantitative estimate of drug-likeness (QED) is 0.511. The Morgan fingerprint density at radius 2 is 2.04 bits per heavy atom. The molecule has 0 amide bonds. The number of benzene rings is 1. The molecule has 1 saturated heterocycles. The van der Waals surface area contributed by atoms with Crippen LogP contribution in [0.2, 0.25) is 5.02 Å². The first-order valence-electron chi connectivity index (χ1n) is 7.28. The molecular weight excluding hydrogens is 394 g/mol. The van der Waals surface area contributed by atoms with Crippen LogP contribution in [0.1, 0.15) is 1.37 Å². The summed E-state index contributed by atoms with van der Waals surface area (Å²) >= 11 is 9.53. The van der Waals surface area contributed by atoms with Gasteiger partial charge < -0.3 is 34.9 Å². The van der Waals surface area contributed by atoms with E-state index in [1.54, 1.807) is 12.1 Å². The highest BCUT2D eigenvalue weighted by molar-refractivity contribution is 9.10. The lowest BCUT2D eigenvalue weighted by molar-refractivity contribution is -0.277. The molecule has 1 fully saturated rings. The lowest BCUT2D eigenvalue weighted by Crippen LogP contribution is -2.60. The van der Waals surface area contributed by atoms with Gasteiger partial charge in [-0.2, -0.15) is 0 Å². The molecule has 2 aromatic rings. The van der Waals surface area contributed by atoms with Crippen molar-refractivity contribution < 1.29 is 31.3 Å². The zero-order valence-electron chi connectivity index (χ0n) is 12.6. The van der Waals surface area contributed by atoms with Crippen LogP contribution in [0.25, 0.3) is 10.9 Å². The normalized spacial score (nSPS) is 32.1. The van der Waals surface area contributed by atoms with E-state index >= 15 is 0 Å². The number of ether oxygens (including phenoxy) is 2. The molecule has 1 unspecified atom stereocenters. The lowest BCUT2D eigenvalue weighted by atomic mass is 9.99. The second-order valence-corrected chi connectivity index (χ2v) is 6.41. The molecule has 5 atom stereocenters. The molecule has 0 radical (unpaired) electrons. The van der Waals surface area contributed by atoms with Crippen molar-refractivity contribution in [2.24, 2.45) is 0 Å². The second kappa shape index (κ2) is 6.56. The minimum absolute atomic E-state index is 0.0284. The van der Waals surface area contributed by atoms with E-state index in [-0.39, 0.29) is 11.9 Å². The van der Waals surface area contributed by atoms with Crippen LogP contribution in [0.4, 0.5) is 0 Å². The fourth-order valence-corrected chi connectivity index (χ4v) is 3.01. The zero-order chi connectivity index (χ0) is 17.6. The Balaban J connectivity index is 1.97. The molecule has 0 spiro atoms. The van der Waals surface area contributed by atoms with Gasteiger partial charge in [-0.05, 0) is 28.1 Å². The molecule has 5 N–H and O–H groups in total. The van der Waals surface area contributed by atoms with E-state index in [0.717, 1.165) is 0 Å². The largest absolute Gasteiger partial charge is 0.460 e. The molecule has 126 valence electrons. The Morgan fingerprint density at radius 3 is 2.74 bits per heavy atom. The minimum atomic E-state index is -1.57. The second-order valence-electron chi connectivity index (χ2n) is 5.18. The highest BCUT2D eigenvalue weighted by Gasteiger charge is 2.44. The number of halogens is 2. The maximum absolute atomic E-state index is 10.1. The first-order chi connectivity index (χ1) is 11.3. The van der Waals surface area contributed by atoms with Gasteiger partial charge in [-0.15, -0.1) is 0 Å². The third-order valence-electron chi connectivity index (χ3n) is 3.72.